The van der Waals surface area contributed by atoms with Gasteiger partial charge in [0.25, 0.3) is 7.82 Å². The van der Waals surface area contributed by atoms with E-state index < -0.39 is 52.5 Å². The molecule has 17 nitrogen and oxygen atoms in total. The normalized spacial score (nSPS) is 24.9. The van der Waals surface area contributed by atoms with Gasteiger partial charge in [-0.05, 0) is 6.07 Å². The zero-order valence-electron chi connectivity index (χ0n) is 18.2. The molecule has 1 aromatic heterocycles. The van der Waals surface area contributed by atoms with Crippen molar-refractivity contribution in [3.63, 3.8) is 0 Å². The lowest BCUT2D eigenvalue weighted by Gasteiger charge is -2.24. The van der Waals surface area contributed by atoms with E-state index in [2.05, 4.69) is 35.0 Å². The minimum atomic E-state index is -5.40. The zero-order valence-corrected chi connectivity index (χ0v) is 20.0. The van der Waals surface area contributed by atoms with Crippen LogP contribution in [0.5, 0.6) is 0 Å². The van der Waals surface area contributed by atoms with E-state index in [4.69, 9.17) is 25.4 Å². The van der Waals surface area contributed by atoms with E-state index >= 15 is 0 Å². The first-order valence-electron chi connectivity index (χ1n) is 8.96. The number of phosphoric acid groups is 2. The molecule has 1 aromatic rings. The third-order valence-corrected chi connectivity index (χ3v) is 5.95. The number of hydrogen-bond donors (Lipinski definition) is 7. The predicted octanol–water partition coefficient (Wildman–Crippen LogP) is -3.11. The number of nitrogens with zero attached hydrogens (tertiary/aromatic N) is 3. The molecular formula is C14H31N5O12P2. The fourth-order valence-electron chi connectivity index (χ4n) is 2.33. The maximum absolute atomic E-state index is 11.7. The van der Waals surface area contributed by atoms with E-state index in [-0.39, 0.29) is 18.6 Å². The molecule has 0 radical (unpaired) electrons. The number of rotatable bonds is 8. The molecule has 0 bridgehead atoms. The maximum Gasteiger partial charge on any atom is 0.476 e. The van der Waals surface area contributed by atoms with Gasteiger partial charge in [0, 0.05) is 6.20 Å². The molecule has 0 saturated carbocycles. The van der Waals surface area contributed by atoms with E-state index in [9.17, 15) is 29.0 Å². The number of phosphoric ester groups is 1. The second-order valence-electron chi connectivity index (χ2n) is 7.64. The Kier molecular flexibility index (Phi) is 11.9. The van der Waals surface area contributed by atoms with Crippen LogP contribution in [0.4, 0.5) is 5.82 Å². The number of anilines is 1. The molecule has 0 aromatic carbocycles. The molecule has 2 rings (SSSR count). The Hall–Kier alpha value is -1.30. The molecule has 0 aliphatic carbocycles. The summed E-state index contributed by atoms with van der Waals surface area (Å²) in [7, 11) is -4.61. The largest absolute Gasteiger partial charge is 0.756 e. The fourth-order valence-corrected chi connectivity index (χ4v) is 3.90. The third kappa shape index (κ3) is 11.1. The maximum atomic E-state index is 11.7. The lowest BCUT2D eigenvalue weighted by molar-refractivity contribution is -0.870. The number of nitrogens with two attached hydrogens (primary N) is 1. The van der Waals surface area contributed by atoms with Crippen LogP contribution in [-0.4, -0.2) is 98.4 Å². The number of hydrogen-bond acceptors (Lipinski definition) is 13. The van der Waals surface area contributed by atoms with Crippen LogP contribution in [-0.2, 0) is 22.7 Å². The van der Waals surface area contributed by atoms with Crippen LogP contribution in [0, 0.1) is 0 Å². The van der Waals surface area contributed by atoms with E-state index in [0.29, 0.717) is 0 Å². The molecule has 10 N–H and O–H groups in total. The van der Waals surface area contributed by atoms with Gasteiger partial charge in [-0.1, -0.05) is 0 Å². The molecule has 0 amide bonds. The number of quaternary nitrogens is 1. The van der Waals surface area contributed by atoms with Gasteiger partial charge in [0.05, 0.1) is 34.4 Å². The lowest BCUT2D eigenvalue weighted by Crippen LogP contribution is -2.36. The van der Waals surface area contributed by atoms with Gasteiger partial charge < -0.3 is 55.6 Å². The topological polar surface area (TPSA) is 282 Å². The van der Waals surface area contributed by atoms with Crippen molar-refractivity contribution in [3.05, 3.63) is 22.7 Å². The second kappa shape index (κ2) is 12.4. The molecule has 5 atom stereocenters. The summed E-state index contributed by atoms with van der Waals surface area (Å²) in [6, 6.07) is 1.23. The molecule has 1 unspecified atom stereocenters. The molecule has 1 aliphatic rings. The highest BCUT2D eigenvalue weighted by Crippen LogP contribution is 2.55. The Balaban J connectivity index is 0.00000111. The first-order valence-corrected chi connectivity index (χ1v) is 11.9. The highest BCUT2D eigenvalue weighted by Gasteiger charge is 2.44. The minimum Gasteiger partial charge on any atom is -0.756 e. The van der Waals surface area contributed by atoms with Gasteiger partial charge in [-0.3, -0.25) is 9.13 Å². The van der Waals surface area contributed by atoms with Gasteiger partial charge >= 0.3 is 13.5 Å². The van der Waals surface area contributed by atoms with Crippen LogP contribution in [0.2, 0.25) is 0 Å². The van der Waals surface area contributed by atoms with E-state index in [1.54, 1.807) is 0 Å². The highest BCUT2D eigenvalue weighted by atomic mass is 31.3. The zero-order chi connectivity index (χ0) is 24.9. The lowest BCUT2D eigenvalue weighted by atomic mass is 10.1. The van der Waals surface area contributed by atoms with Gasteiger partial charge in [0.1, 0.15) is 30.7 Å². The van der Waals surface area contributed by atoms with E-state index in [1.807, 2.05) is 0 Å². The Morgan fingerprint density at radius 3 is 2.27 bits per heavy atom. The van der Waals surface area contributed by atoms with Crippen LogP contribution in [0.1, 0.15) is 6.23 Å². The summed E-state index contributed by atoms with van der Waals surface area (Å²) >= 11 is 0. The van der Waals surface area contributed by atoms with Crippen LogP contribution < -0.4 is 22.5 Å². The van der Waals surface area contributed by atoms with Gasteiger partial charge in [-0.25, -0.2) is 13.7 Å². The summed E-state index contributed by atoms with van der Waals surface area (Å²) < 4.78 is 36.2. The molecule has 1 saturated heterocycles. The third-order valence-electron chi connectivity index (χ3n) is 3.84. The molecule has 19 heteroatoms. The van der Waals surface area contributed by atoms with Crippen LogP contribution in [0.25, 0.3) is 0 Å². The summed E-state index contributed by atoms with van der Waals surface area (Å²) in [4.78, 5) is 43.3. The van der Waals surface area contributed by atoms with Gasteiger partial charge in [-0.2, -0.15) is 4.98 Å². The van der Waals surface area contributed by atoms with Gasteiger partial charge in [-0.15, -0.1) is 0 Å². The first-order chi connectivity index (χ1) is 14.5. The highest BCUT2D eigenvalue weighted by molar-refractivity contribution is 7.60. The van der Waals surface area contributed by atoms with E-state index in [0.717, 1.165) is 21.8 Å². The van der Waals surface area contributed by atoms with Crippen molar-refractivity contribution in [2.75, 3.05) is 46.6 Å². The number of aliphatic hydroxyl groups is 3. The fraction of sp³-hybridized carbons (Fsp3) is 0.714. The van der Waals surface area contributed by atoms with E-state index in [1.165, 1.54) is 6.07 Å². The molecule has 33 heavy (non-hydrogen) atoms. The Bertz CT molecular complexity index is 903. The van der Waals surface area contributed by atoms with Crippen LogP contribution in [0.3, 0.4) is 0 Å². The Morgan fingerprint density at radius 1 is 1.27 bits per heavy atom. The average Bonchev–Trinajstić information content (AvgIpc) is 2.86. The minimum absolute atomic E-state index is 0. The Labute approximate surface area is 189 Å². The van der Waals surface area contributed by atoms with Crippen molar-refractivity contribution in [1.82, 2.24) is 15.7 Å². The molecule has 194 valence electrons. The second-order valence-corrected chi connectivity index (χ2v) is 10.4. The molecule has 2 heterocycles. The number of aromatic nitrogens is 2. The number of ether oxygens (including phenoxy) is 1. The monoisotopic (exact) mass is 523 g/mol. The number of aliphatic hydroxyl groups excluding tert-OH is 3. The molecular weight excluding hydrogens is 492 g/mol. The van der Waals surface area contributed by atoms with Crippen LogP contribution >= 0.6 is 15.6 Å². The van der Waals surface area contributed by atoms with Gasteiger partial charge in [0.15, 0.2) is 6.23 Å². The Morgan fingerprint density at radius 2 is 1.85 bits per heavy atom. The van der Waals surface area contributed by atoms with Crippen molar-refractivity contribution in [3.8, 4) is 0 Å². The van der Waals surface area contributed by atoms with Crippen LogP contribution in [0.15, 0.2) is 17.1 Å². The summed E-state index contributed by atoms with van der Waals surface area (Å²) in [6.07, 6.45) is -5.05. The SMILES string of the molecule is C[N+](C)(C)CCO.N.Nc1ccn([C@@H]2O[C@H](COP(=O)([O-])OP(=O)(O)O)[C@@H](O)[C@H]2O)c(=O)n1. The van der Waals surface area contributed by atoms with Crippen molar-refractivity contribution in [2.45, 2.75) is 24.5 Å². The summed E-state index contributed by atoms with van der Waals surface area (Å²) in [5.74, 6) is -0.0870. The molecule has 1 fully saturated rings. The standard InChI is InChI=1S/C9H15N3O11P2.C5H14NO.H3N/c10-5-1-2-12(9(15)11-5)8-7(14)6(13)4(22-8)3-21-25(19,20)23-24(16,17)18;1-6(2,3)4-5-7;/h1-2,4,6-8,13-14H,3H2,(H,19,20)(H2,10,11,15)(H2,16,17,18);7H,4-5H2,1-3H3;1H3/q;+1;/p-1/t4-,6-,7-,8-;;/m1../s1. The molecule has 1 aliphatic heterocycles. The predicted molar refractivity (Wildman–Crippen MR) is 111 cm³/mol. The van der Waals surface area contributed by atoms with Crippen molar-refractivity contribution < 1.29 is 57.2 Å². The summed E-state index contributed by atoms with van der Waals surface area (Å²) in [6.45, 7) is 0.177. The first kappa shape index (κ1) is 31.7. The average molecular weight is 523 g/mol. The van der Waals surface area contributed by atoms with Gasteiger partial charge in [0.2, 0.25) is 0 Å². The van der Waals surface area contributed by atoms with Crippen molar-refractivity contribution in [2.24, 2.45) is 0 Å². The quantitative estimate of drug-likeness (QED) is 0.131. The summed E-state index contributed by atoms with van der Waals surface area (Å²) in [5.41, 5.74) is 4.43. The van der Waals surface area contributed by atoms with Crippen molar-refractivity contribution in [1.29, 1.82) is 0 Å². The van der Waals surface area contributed by atoms with Crippen molar-refractivity contribution >= 4 is 21.5 Å². The summed E-state index contributed by atoms with van der Waals surface area (Å²) in [5, 5.41) is 28.2. The number of nitrogen functional groups attached to an aromatic ring is 1. The molecule has 0 spiro atoms. The number of likely N-dealkylation sites (N-methyl/N-ethyl adjacent to an activating group) is 1. The smallest absolute Gasteiger partial charge is 0.476 e.